The highest BCUT2D eigenvalue weighted by Crippen LogP contribution is 2.47. The molecule has 0 saturated carbocycles. The minimum atomic E-state index is -2.74. The minimum absolute atomic E-state index is 0.362. The molecule has 2 aliphatic rings. The van der Waals surface area contributed by atoms with E-state index in [4.69, 9.17) is 34.6 Å². The van der Waals surface area contributed by atoms with Crippen molar-refractivity contribution in [1.29, 1.82) is 0 Å². The van der Waals surface area contributed by atoms with Crippen molar-refractivity contribution in [1.82, 2.24) is 4.90 Å². The van der Waals surface area contributed by atoms with Crippen molar-refractivity contribution in [2.24, 2.45) is 0 Å². The summed E-state index contributed by atoms with van der Waals surface area (Å²) in [7, 11) is 3.36. The molecule has 2 aromatic rings. The van der Waals surface area contributed by atoms with Crippen molar-refractivity contribution in [3.05, 3.63) is 53.6 Å². The number of carboxylic acid groups (broad SMARTS) is 3. The highest BCUT2D eigenvalue weighted by Gasteiger charge is 2.48. The van der Waals surface area contributed by atoms with E-state index in [2.05, 4.69) is 17.9 Å². The number of hydrogen-bond donors (Lipinski definition) is 5. The quantitative estimate of drug-likeness (QED) is 0.226. The molecule has 2 aliphatic heterocycles. The van der Waals surface area contributed by atoms with Gasteiger partial charge < -0.3 is 39.7 Å². The third-order valence-electron chi connectivity index (χ3n) is 7.91. The lowest BCUT2D eigenvalue weighted by Gasteiger charge is -2.44. The first-order chi connectivity index (χ1) is 20.4. The van der Waals surface area contributed by atoms with Crippen molar-refractivity contribution < 1.29 is 54.1 Å². The molecule has 236 valence electrons. The summed E-state index contributed by atoms with van der Waals surface area (Å²) in [6.07, 6.45) is 2.43. The van der Waals surface area contributed by atoms with Crippen molar-refractivity contribution in [2.75, 3.05) is 20.8 Å². The van der Waals surface area contributed by atoms with Crippen molar-refractivity contribution >= 4 is 17.9 Å². The number of aliphatic carboxylic acids is 3. The summed E-state index contributed by atoms with van der Waals surface area (Å²) in [5.74, 6) is -2.55. The Morgan fingerprint density at radius 1 is 0.930 bits per heavy atom. The number of piperidine rings is 1. The lowest BCUT2D eigenvalue weighted by atomic mass is 9.80. The van der Waals surface area contributed by atoms with Crippen molar-refractivity contribution in [2.45, 2.75) is 81.7 Å². The third-order valence-corrected chi connectivity index (χ3v) is 7.91. The fourth-order valence-corrected chi connectivity index (χ4v) is 5.84. The molecule has 0 aromatic heterocycles. The van der Waals surface area contributed by atoms with E-state index in [1.165, 1.54) is 0 Å². The van der Waals surface area contributed by atoms with Crippen LogP contribution >= 0.6 is 0 Å². The largest absolute Gasteiger partial charge is 0.497 e. The standard InChI is InChI=1S/C25H33NO4.C6H8O7/c1-4-14-30-24-18(6-5-7-23(24)29-3)17-26-20-10-11-21(26)16-25(27,15-20)19-8-12-22(28-2)13-9-19;7-3(8)1-6(13,5(11)12)2-4(9)10/h5-9,12-13,20-21,27H,4,10-11,14-17H2,1-3H3;13H,1-2H2,(H,7,8)(H,9,10)(H,11,12). The van der Waals surface area contributed by atoms with Gasteiger partial charge >= 0.3 is 17.9 Å². The monoisotopic (exact) mass is 603 g/mol. The van der Waals surface area contributed by atoms with Gasteiger partial charge in [0.05, 0.1) is 39.3 Å². The Morgan fingerprint density at radius 3 is 1.98 bits per heavy atom. The van der Waals surface area contributed by atoms with Crippen molar-refractivity contribution in [3.8, 4) is 17.2 Å². The molecule has 2 aromatic carbocycles. The number of aliphatic hydroxyl groups is 2. The minimum Gasteiger partial charge on any atom is -0.497 e. The van der Waals surface area contributed by atoms with Gasteiger partial charge in [-0.15, -0.1) is 0 Å². The molecule has 4 rings (SSSR count). The summed E-state index contributed by atoms with van der Waals surface area (Å²) >= 11 is 0. The second kappa shape index (κ2) is 14.5. The van der Waals surface area contributed by atoms with Gasteiger partial charge in [0.1, 0.15) is 5.75 Å². The van der Waals surface area contributed by atoms with Crippen LogP contribution in [0.4, 0.5) is 0 Å². The number of benzene rings is 2. The number of ether oxygens (including phenoxy) is 3. The normalized spacial score (nSPS) is 21.3. The molecule has 2 atom stereocenters. The van der Waals surface area contributed by atoms with Gasteiger partial charge in [-0.3, -0.25) is 14.5 Å². The topological polar surface area (TPSA) is 183 Å². The van der Waals surface area contributed by atoms with Crippen LogP contribution in [0.5, 0.6) is 17.2 Å². The first kappa shape index (κ1) is 33.6. The van der Waals surface area contributed by atoms with Gasteiger partial charge in [-0.2, -0.15) is 0 Å². The van der Waals surface area contributed by atoms with Gasteiger partial charge in [-0.05, 0) is 55.9 Å². The Labute approximate surface area is 250 Å². The predicted molar refractivity (Wildman–Crippen MR) is 154 cm³/mol. The molecule has 12 heteroatoms. The van der Waals surface area contributed by atoms with Crippen LogP contribution in [0.25, 0.3) is 0 Å². The summed E-state index contributed by atoms with van der Waals surface area (Å²) in [6.45, 7) is 3.61. The molecular weight excluding hydrogens is 562 g/mol. The molecule has 0 spiro atoms. The summed E-state index contributed by atoms with van der Waals surface area (Å²) in [5.41, 5.74) is -1.36. The van der Waals surface area contributed by atoms with Crippen molar-refractivity contribution in [3.63, 3.8) is 0 Å². The molecule has 12 nitrogen and oxygen atoms in total. The Kier molecular flexibility index (Phi) is 11.4. The fourth-order valence-electron chi connectivity index (χ4n) is 5.84. The highest BCUT2D eigenvalue weighted by molar-refractivity contribution is 5.88. The van der Waals surface area contributed by atoms with E-state index in [9.17, 15) is 19.5 Å². The van der Waals surface area contributed by atoms with E-state index >= 15 is 0 Å². The second-order valence-electron chi connectivity index (χ2n) is 11.0. The van der Waals surface area contributed by atoms with Crippen LogP contribution < -0.4 is 14.2 Å². The summed E-state index contributed by atoms with van der Waals surface area (Å²) in [4.78, 5) is 33.0. The van der Waals surface area contributed by atoms with Gasteiger partial charge in [0.15, 0.2) is 17.1 Å². The summed E-state index contributed by atoms with van der Waals surface area (Å²) < 4.78 is 16.9. The number of carboxylic acids is 3. The first-order valence-corrected chi connectivity index (χ1v) is 14.2. The number of para-hydroxylation sites is 1. The fraction of sp³-hybridized carbons (Fsp3) is 0.516. The average molecular weight is 604 g/mol. The van der Waals surface area contributed by atoms with Gasteiger partial charge in [-0.1, -0.05) is 31.2 Å². The molecule has 43 heavy (non-hydrogen) atoms. The molecule has 2 bridgehead atoms. The number of rotatable bonds is 13. The zero-order valence-corrected chi connectivity index (χ0v) is 24.7. The van der Waals surface area contributed by atoms with Crippen LogP contribution in [0.2, 0.25) is 0 Å². The van der Waals surface area contributed by atoms with Gasteiger partial charge in [0.2, 0.25) is 0 Å². The summed E-state index contributed by atoms with van der Waals surface area (Å²) in [5, 5.41) is 45.3. The smallest absolute Gasteiger partial charge is 0.336 e. The molecule has 5 N–H and O–H groups in total. The molecule has 0 aliphatic carbocycles. The molecule has 2 fully saturated rings. The van der Waals surface area contributed by atoms with E-state index in [0.29, 0.717) is 18.7 Å². The molecule has 0 amide bonds. The van der Waals surface area contributed by atoms with E-state index in [1.807, 2.05) is 36.4 Å². The number of methoxy groups -OCH3 is 2. The highest BCUT2D eigenvalue weighted by atomic mass is 16.5. The van der Waals surface area contributed by atoms with Crippen LogP contribution in [0.3, 0.4) is 0 Å². The zero-order valence-electron chi connectivity index (χ0n) is 24.7. The zero-order chi connectivity index (χ0) is 31.8. The number of carbonyl (C=O) groups is 3. The maximum atomic E-state index is 11.5. The lowest BCUT2D eigenvalue weighted by Crippen LogP contribution is -2.49. The summed E-state index contributed by atoms with van der Waals surface area (Å²) in [6, 6.07) is 14.7. The maximum Gasteiger partial charge on any atom is 0.336 e. The SMILES string of the molecule is CCCOc1c(CN2C3CCC2CC(O)(c2ccc(OC)cc2)C3)cccc1OC.O=C(O)CC(O)(CC(=O)O)C(=O)O. The van der Waals surface area contributed by atoms with Crippen LogP contribution in [0, 0.1) is 0 Å². The lowest BCUT2D eigenvalue weighted by molar-refractivity contribution is -0.170. The molecule has 0 radical (unpaired) electrons. The molecule has 2 saturated heterocycles. The first-order valence-electron chi connectivity index (χ1n) is 14.2. The van der Waals surface area contributed by atoms with E-state index in [0.717, 1.165) is 67.0 Å². The number of nitrogens with zero attached hydrogens (tertiary/aromatic N) is 1. The second-order valence-corrected chi connectivity index (χ2v) is 11.0. The average Bonchev–Trinajstić information content (AvgIpc) is 3.19. The van der Waals surface area contributed by atoms with Crippen LogP contribution in [0.15, 0.2) is 42.5 Å². The molecule has 2 unspecified atom stereocenters. The maximum absolute atomic E-state index is 11.5. The van der Waals surface area contributed by atoms with E-state index < -0.39 is 42.0 Å². The molecule has 2 heterocycles. The Balaban J connectivity index is 0.000000331. The Morgan fingerprint density at radius 2 is 1.51 bits per heavy atom. The van der Waals surface area contributed by atoms with Gasteiger partial charge in [0, 0.05) is 24.2 Å². The Hall–Kier alpha value is -3.87. The van der Waals surface area contributed by atoms with Gasteiger partial charge in [0.25, 0.3) is 0 Å². The van der Waals surface area contributed by atoms with Crippen LogP contribution in [-0.2, 0) is 26.5 Å². The number of hydrogen-bond acceptors (Lipinski definition) is 9. The number of fused-ring (bicyclic) bond motifs is 2. The predicted octanol–water partition coefficient (Wildman–Crippen LogP) is 3.26. The Bertz CT molecular complexity index is 1230. The van der Waals surface area contributed by atoms with Crippen LogP contribution in [0.1, 0.15) is 63.0 Å². The van der Waals surface area contributed by atoms with E-state index in [-0.39, 0.29) is 0 Å². The molecular formula is C31H41NO11. The van der Waals surface area contributed by atoms with Gasteiger partial charge in [-0.25, -0.2) is 4.79 Å². The van der Waals surface area contributed by atoms with Crippen LogP contribution in [-0.4, -0.2) is 86.9 Å². The third kappa shape index (κ3) is 8.37. The van der Waals surface area contributed by atoms with E-state index in [1.54, 1.807) is 14.2 Å².